The van der Waals surface area contributed by atoms with Crippen LogP contribution >= 0.6 is 0 Å². The number of urea groups is 1. The number of hydrogen-bond acceptors (Lipinski definition) is 2. The molecule has 0 fully saturated rings. The van der Waals surface area contributed by atoms with Crippen LogP contribution in [0.2, 0.25) is 0 Å². The van der Waals surface area contributed by atoms with E-state index in [1.165, 1.54) is 11.0 Å². The lowest BCUT2D eigenvalue weighted by molar-refractivity contribution is 0.196. The zero-order valence-electron chi connectivity index (χ0n) is 9.77. The van der Waals surface area contributed by atoms with E-state index in [4.69, 9.17) is 5.73 Å². The third-order valence-corrected chi connectivity index (χ3v) is 3.29. The van der Waals surface area contributed by atoms with E-state index in [1.54, 1.807) is 32.2 Å². The Bertz CT molecular complexity index is 500. The zero-order valence-corrected chi connectivity index (χ0v) is 9.77. The number of nitrogens with two attached hydrogens (primary N) is 1. The molecule has 2 N–H and O–H groups in total. The molecule has 0 aliphatic carbocycles. The van der Waals surface area contributed by atoms with Gasteiger partial charge in [0.05, 0.1) is 0 Å². The highest BCUT2D eigenvalue weighted by Crippen LogP contribution is 2.26. The molecule has 2 amide bonds. The van der Waals surface area contributed by atoms with Crippen molar-refractivity contribution in [3.05, 3.63) is 35.6 Å². The van der Waals surface area contributed by atoms with Crippen LogP contribution in [0.15, 0.2) is 29.3 Å². The van der Waals surface area contributed by atoms with Crippen LogP contribution in [0, 0.1) is 5.82 Å². The van der Waals surface area contributed by atoms with Crippen molar-refractivity contribution in [2.45, 2.75) is 18.9 Å². The van der Waals surface area contributed by atoms with Crippen molar-refractivity contribution in [1.82, 2.24) is 4.90 Å². The maximum atomic E-state index is 13.6. The Morgan fingerprint density at radius 3 is 2.65 bits per heavy atom. The second kappa shape index (κ2) is 3.84. The van der Waals surface area contributed by atoms with E-state index in [1.807, 2.05) is 0 Å². The van der Waals surface area contributed by atoms with E-state index < -0.39 is 5.54 Å². The molecule has 1 heterocycles. The number of halogens is 1. The maximum Gasteiger partial charge on any atom is 0.345 e. The number of nitrogens with zero attached hydrogens (tertiary/aromatic N) is 2. The minimum atomic E-state index is -0.751. The number of rotatable bonds is 2. The lowest BCUT2D eigenvalue weighted by Crippen LogP contribution is -2.51. The van der Waals surface area contributed by atoms with Crippen LogP contribution in [0.4, 0.5) is 9.18 Å². The van der Waals surface area contributed by atoms with Crippen molar-refractivity contribution < 1.29 is 9.18 Å². The van der Waals surface area contributed by atoms with Crippen LogP contribution in [-0.2, 0) is 6.42 Å². The highest BCUT2D eigenvalue weighted by molar-refractivity contribution is 6.05. The molecule has 0 aromatic heterocycles. The monoisotopic (exact) mass is 235 g/mol. The van der Waals surface area contributed by atoms with Gasteiger partial charge >= 0.3 is 6.03 Å². The summed E-state index contributed by atoms with van der Waals surface area (Å²) in [4.78, 5) is 16.6. The molecule has 1 atom stereocenters. The Labute approximate surface area is 98.9 Å². The van der Waals surface area contributed by atoms with Crippen molar-refractivity contribution in [3.8, 4) is 0 Å². The lowest BCUT2D eigenvalue weighted by atomic mass is 9.91. The van der Waals surface area contributed by atoms with Crippen molar-refractivity contribution in [2.24, 2.45) is 10.7 Å². The van der Waals surface area contributed by atoms with Gasteiger partial charge in [-0.05, 0) is 18.6 Å². The minimum Gasteiger partial charge on any atom is -0.385 e. The van der Waals surface area contributed by atoms with Crippen molar-refractivity contribution in [2.75, 3.05) is 7.05 Å². The molecule has 0 radical (unpaired) electrons. The Hall–Kier alpha value is -1.91. The van der Waals surface area contributed by atoms with E-state index in [0.29, 0.717) is 12.0 Å². The molecule has 0 saturated carbocycles. The molecule has 1 unspecified atom stereocenters. The summed E-state index contributed by atoms with van der Waals surface area (Å²) in [6, 6.07) is 6.07. The second-order valence-electron chi connectivity index (χ2n) is 4.38. The van der Waals surface area contributed by atoms with Gasteiger partial charge in [-0.2, -0.15) is 4.99 Å². The number of carbonyl (C=O) groups excluding carboxylic acids is 1. The van der Waals surface area contributed by atoms with Gasteiger partial charge in [0.2, 0.25) is 0 Å². The van der Waals surface area contributed by atoms with Crippen LogP contribution < -0.4 is 5.73 Å². The van der Waals surface area contributed by atoms with Gasteiger partial charge in [-0.15, -0.1) is 0 Å². The summed E-state index contributed by atoms with van der Waals surface area (Å²) in [6.07, 6.45) is 0.317. The van der Waals surface area contributed by atoms with Crippen LogP contribution in [0.5, 0.6) is 0 Å². The first-order valence-electron chi connectivity index (χ1n) is 5.31. The molecule has 4 nitrogen and oxygen atoms in total. The zero-order chi connectivity index (χ0) is 12.6. The molecule has 0 spiro atoms. The molecular weight excluding hydrogens is 221 g/mol. The average Bonchev–Trinajstić information content (AvgIpc) is 2.47. The minimum absolute atomic E-state index is 0.230. The molecule has 5 heteroatoms. The highest BCUT2D eigenvalue weighted by Gasteiger charge is 2.42. The predicted octanol–water partition coefficient (Wildman–Crippen LogP) is 1.55. The average molecular weight is 235 g/mol. The van der Waals surface area contributed by atoms with Crippen LogP contribution in [-0.4, -0.2) is 29.4 Å². The van der Waals surface area contributed by atoms with Gasteiger partial charge in [0.1, 0.15) is 17.2 Å². The molecule has 1 aromatic carbocycles. The summed E-state index contributed by atoms with van der Waals surface area (Å²) in [7, 11) is 1.62. The first-order valence-corrected chi connectivity index (χ1v) is 5.31. The van der Waals surface area contributed by atoms with Gasteiger partial charge < -0.3 is 10.6 Å². The first-order chi connectivity index (χ1) is 7.95. The number of aliphatic imine (C=N–C) groups is 1. The largest absolute Gasteiger partial charge is 0.385 e. The number of amidine groups is 1. The normalized spacial score (nSPS) is 24.1. The first kappa shape index (κ1) is 11.6. The van der Waals surface area contributed by atoms with Gasteiger partial charge in [0.15, 0.2) is 0 Å². The van der Waals surface area contributed by atoms with Crippen molar-refractivity contribution >= 4 is 11.9 Å². The van der Waals surface area contributed by atoms with Gasteiger partial charge in [-0.1, -0.05) is 18.2 Å². The second-order valence-corrected chi connectivity index (χ2v) is 4.38. The number of carbonyl (C=O) groups is 1. The van der Waals surface area contributed by atoms with E-state index in [2.05, 4.69) is 4.99 Å². The van der Waals surface area contributed by atoms with Gasteiger partial charge in [0, 0.05) is 13.5 Å². The summed E-state index contributed by atoms with van der Waals surface area (Å²) in [5, 5.41) is 0. The standard InChI is InChI=1S/C12H14FN3O/c1-12(10(14)15-11(17)16(12)2)7-8-5-3-4-6-9(8)13/h3-6H,7H2,1-2H3,(H2,14,15,17). The lowest BCUT2D eigenvalue weighted by Gasteiger charge is -2.31. The Morgan fingerprint density at radius 1 is 1.47 bits per heavy atom. The van der Waals surface area contributed by atoms with Gasteiger partial charge in [-0.25, -0.2) is 9.18 Å². The summed E-state index contributed by atoms with van der Waals surface area (Å²) in [5.74, 6) is -0.0671. The van der Waals surface area contributed by atoms with E-state index in [-0.39, 0.29) is 17.7 Å². The molecule has 0 bridgehead atoms. The number of benzene rings is 1. The highest BCUT2D eigenvalue weighted by atomic mass is 19.1. The smallest absolute Gasteiger partial charge is 0.345 e. The fourth-order valence-electron chi connectivity index (χ4n) is 1.90. The molecule has 2 rings (SSSR count). The van der Waals surface area contributed by atoms with Crippen molar-refractivity contribution in [3.63, 3.8) is 0 Å². The molecule has 0 saturated heterocycles. The molecule has 90 valence electrons. The van der Waals surface area contributed by atoms with E-state index >= 15 is 0 Å². The molecule has 1 aromatic rings. The maximum absolute atomic E-state index is 13.6. The summed E-state index contributed by atoms with van der Waals surface area (Å²) >= 11 is 0. The van der Waals surface area contributed by atoms with E-state index in [9.17, 15) is 9.18 Å². The van der Waals surface area contributed by atoms with Crippen molar-refractivity contribution in [1.29, 1.82) is 0 Å². The summed E-state index contributed by atoms with van der Waals surface area (Å²) in [6.45, 7) is 1.78. The molecule has 17 heavy (non-hydrogen) atoms. The fraction of sp³-hybridized carbons (Fsp3) is 0.333. The SMILES string of the molecule is CN1C(=O)N=C(N)C1(C)Cc1ccccc1F. The third-order valence-electron chi connectivity index (χ3n) is 3.29. The van der Waals surface area contributed by atoms with E-state index in [0.717, 1.165) is 0 Å². The quantitative estimate of drug-likeness (QED) is 0.845. The molecular formula is C12H14FN3O. The predicted molar refractivity (Wildman–Crippen MR) is 63.3 cm³/mol. The number of hydrogen-bond donors (Lipinski definition) is 1. The number of amides is 2. The molecule has 1 aliphatic rings. The van der Waals surface area contributed by atoms with Gasteiger partial charge in [-0.3, -0.25) is 0 Å². The van der Waals surface area contributed by atoms with Crippen LogP contribution in [0.25, 0.3) is 0 Å². The topological polar surface area (TPSA) is 58.7 Å². The number of likely N-dealkylation sites (N-methyl/N-ethyl adjacent to an activating group) is 1. The molecule has 1 aliphatic heterocycles. The fourth-order valence-corrected chi connectivity index (χ4v) is 1.90. The van der Waals surface area contributed by atoms with Gasteiger partial charge in [0.25, 0.3) is 0 Å². The van der Waals surface area contributed by atoms with Crippen LogP contribution in [0.1, 0.15) is 12.5 Å². The summed E-state index contributed by atoms with van der Waals surface area (Å²) in [5.41, 5.74) is 5.53. The summed E-state index contributed by atoms with van der Waals surface area (Å²) < 4.78 is 13.6. The Kier molecular flexibility index (Phi) is 2.61. The Balaban J connectivity index is 2.33. The van der Waals surface area contributed by atoms with Crippen LogP contribution in [0.3, 0.4) is 0 Å². The third kappa shape index (κ3) is 1.77. The Morgan fingerprint density at radius 2 is 2.12 bits per heavy atom.